The summed E-state index contributed by atoms with van der Waals surface area (Å²) in [4.78, 5) is 24.5. The molecule has 1 atom stereocenters. The van der Waals surface area contributed by atoms with Crippen LogP contribution in [0.3, 0.4) is 0 Å². The molecule has 1 aromatic rings. The second-order valence-corrected chi connectivity index (χ2v) is 11.1. The zero-order valence-corrected chi connectivity index (χ0v) is 18.8. The Hall–Kier alpha value is -1.93. The molecule has 1 aliphatic rings. The van der Waals surface area contributed by atoms with E-state index in [0.29, 0.717) is 31.1 Å². The Morgan fingerprint density at radius 1 is 1.14 bits per heavy atom. The molecule has 0 spiro atoms. The van der Waals surface area contributed by atoms with E-state index in [0.717, 1.165) is 12.8 Å². The van der Waals surface area contributed by atoms with Crippen LogP contribution in [0.25, 0.3) is 0 Å². The molecule has 1 saturated heterocycles. The first kappa shape index (κ1) is 23.3. The molecule has 1 fully saturated rings. The highest BCUT2D eigenvalue weighted by molar-refractivity contribution is 7.89. The Kier molecular flexibility index (Phi) is 7.45. The smallest absolute Gasteiger partial charge is 0.246 e. The van der Waals surface area contributed by atoms with Crippen LogP contribution in [0.4, 0.5) is 5.69 Å². The van der Waals surface area contributed by atoms with Crippen LogP contribution in [-0.2, 0) is 19.6 Å². The molecule has 162 valence electrons. The van der Waals surface area contributed by atoms with E-state index in [1.165, 1.54) is 16.4 Å². The topological polar surface area (TPSA) is 95.6 Å². The van der Waals surface area contributed by atoms with Crippen LogP contribution in [0.15, 0.2) is 29.2 Å². The third-order valence-electron chi connectivity index (χ3n) is 4.96. The summed E-state index contributed by atoms with van der Waals surface area (Å²) in [6.45, 7) is 10.7. The van der Waals surface area contributed by atoms with Gasteiger partial charge in [0.25, 0.3) is 0 Å². The maximum Gasteiger partial charge on any atom is 0.246 e. The van der Waals surface area contributed by atoms with Crippen LogP contribution >= 0.6 is 0 Å². The van der Waals surface area contributed by atoms with Gasteiger partial charge in [-0.2, -0.15) is 4.31 Å². The largest absolute Gasteiger partial charge is 0.345 e. The summed E-state index contributed by atoms with van der Waals surface area (Å²) >= 11 is 0. The van der Waals surface area contributed by atoms with Crippen LogP contribution in [0, 0.1) is 11.3 Å². The number of rotatable bonds is 6. The Morgan fingerprint density at radius 3 is 2.21 bits per heavy atom. The molecule has 1 unspecified atom stereocenters. The molecule has 2 rings (SSSR count). The number of anilines is 1. The molecule has 0 aliphatic carbocycles. The maximum absolute atomic E-state index is 12.8. The predicted molar refractivity (Wildman–Crippen MR) is 114 cm³/mol. The number of amides is 2. The molecule has 0 bridgehead atoms. The normalized spacial score (nSPS) is 17.6. The van der Waals surface area contributed by atoms with E-state index in [1.54, 1.807) is 19.1 Å². The molecule has 1 heterocycles. The Labute approximate surface area is 174 Å². The summed E-state index contributed by atoms with van der Waals surface area (Å²) in [6, 6.07) is 5.46. The number of hydrogen-bond donors (Lipinski definition) is 2. The molecule has 8 heteroatoms. The van der Waals surface area contributed by atoms with Crippen molar-refractivity contribution in [3.8, 4) is 0 Å². The highest BCUT2D eigenvalue weighted by atomic mass is 32.2. The van der Waals surface area contributed by atoms with Gasteiger partial charge < -0.3 is 10.6 Å². The average molecular weight is 424 g/mol. The Morgan fingerprint density at radius 2 is 1.69 bits per heavy atom. The standard InChI is InChI=1S/C21H33N3O4S/c1-15-10-12-24(13-11-15)29(27,28)18-8-6-17(7-9-18)23-20(26)16(2)22-19(25)14-21(3,4)5/h6-9,15-16H,10-14H2,1-5H3,(H,22,25)(H,23,26). The number of sulfonamides is 1. The molecule has 0 saturated carbocycles. The van der Waals surface area contributed by atoms with Crippen molar-refractivity contribution in [3.05, 3.63) is 24.3 Å². The van der Waals surface area contributed by atoms with Crippen molar-refractivity contribution in [2.45, 2.75) is 64.8 Å². The van der Waals surface area contributed by atoms with Gasteiger partial charge >= 0.3 is 0 Å². The van der Waals surface area contributed by atoms with Crippen molar-refractivity contribution in [1.82, 2.24) is 9.62 Å². The molecule has 1 aliphatic heterocycles. The van der Waals surface area contributed by atoms with Crippen LogP contribution in [0.5, 0.6) is 0 Å². The molecule has 2 amide bonds. The van der Waals surface area contributed by atoms with Gasteiger partial charge in [0.2, 0.25) is 21.8 Å². The molecular weight excluding hydrogens is 390 g/mol. The highest BCUT2D eigenvalue weighted by Gasteiger charge is 2.28. The van der Waals surface area contributed by atoms with Gasteiger partial charge in [-0.15, -0.1) is 0 Å². The predicted octanol–water partition coefficient (Wildman–Crippen LogP) is 2.99. The van der Waals surface area contributed by atoms with Gasteiger partial charge in [0.15, 0.2) is 0 Å². The van der Waals surface area contributed by atoms with Gasteiger partial charge in [0, 0.05) is 25.2 Å². The number of nitrogens with zero attached hydrogens (tertiary/aromatic N) is 1. The quantitative estimate of drug-likeness (QED) is 0.735. The summed E-state index contributed by atoms with van der Waals surface area (Å²) < 4.78 is 27.0. The van der Waals surface area contributed by atoms with Gasteiger partial charge in [-0.1, -0.05) is 27.7 Å². The van der Waals surface area contributed by atoms with Crippen molar-refractivity contribution >= 4 is 27.5 Å². The maximum atomic E-state index is 12.8. The van der Waals surface area contributed by atoms with E-state index in [1.807, 2.05) is 20.8 Å². The first-order chi connectivity index (χ1) is 13.4. The van der Waals surface area contributed by atoms with E-state index in [4.69, 9.17) is 0 Å². The van der Waals surface area contributed by atoms with Gasteiger partial charge in [-0.05, 0) is 55.4 Å². The lowest BCUT2D eigenvalue weighted by Gasteiger charge is -2.29. The Bertz CT molecular complexity index is 820. The highest BCUT2D eigenvalue weighted by Crippen LogP contribution is 2.24. The van der Waals surface area contributed by atoms with Crippen molar-refractivity contribution in [2.24, 2.45) is 11.3 Å². The van der Waals surface area contributed by atoms with E-state index in [9.17, 15) is 18.0 Å². The fourth-order valence-corrected chi connectivity index (χ4v) is 4.64. The van der Waals surface area contributed by atoms with E-state index >= 15 is 0 Å². The summed E-state index contributed by atoms with van der Waals surface area (Å²) in [5.74, 6) is 0.00948. The summed E-state index contributed by atoms with van der Waals surface area (Å²) in [6.07, 6.45) is 2.06. The second-order valence-electron chi connectivity index (χ2n) is 9.13. The minimum Gasteiger partial charge on any atom is -0.345 e. The van der Waals surface area contributed by atoms with Crippen molar-refractivity contribution in [3.63, 3.8) is 0 Å². The number of hydrogen-bond acceptors (Lipinski definition) is 4. The fraction of sp³-hybridized carbons (Fsp3) is 0.619. The molecule has 29 heavy (non-hydrogen) atoms. The summed E-state index contributed by atoms with van der Waals surface area (Å²) in [5, 5.41) is 5.40. The lowest BCUT2D eigenvalue weighted by molar-refractivity contribution is -0.127. The average Bonchev–Trinajstić information content (AvgIpc) is 2.60. The molecule has 2 N–H and O–H groups in total. The van der Waals surface area contributed by atoms with Crippen LogP contribution in [0.1, 0.15) is 53.9 Å². The van der Waals surface area contributed by atoms with Crippen molar-refractivity contribution < 1.29 is 18.0 Å². The first-order valence-corrected chi connectivity index (χ1v) is 11.5. The van der Waals surface area contributed by atoms with Gasteiger partial charge in [-0.3, -0.25) is 9.59 Å². The molecule has 1 aromatic carbocycles. The van der Waals surface area contributed by atoms with Gasteiger partial charge in [0.05, 0.1) is 4.90 Å². The summed E-state index contributed by atoms with van der Waals surface area (Å²) in [7, 11) is -3.52. The summed E-state index contributed by atoms with van der Waals surface area (Å²) in [5.41, 5.74) is 0.326. The SMILES string of the molecule is CC1CCN(S(=O)(=O)c2ccc(NC(=O)C(C)NC(=O)CC(C)(C)C)cc2)CC1. The van der Waals surface area contributed by atoms with E-state index < -0.39 is 16.1 Å². The van der Waals surface area contributed by atoms with Crippen LogP contribution in [-0.4, -0.2) is 43.7 Å². The molecule has 0 radical (unpaired) electrons. The van der Waals surface area contributed by atoms with E-state index in [-0.39, 0.29) is 22.1 Å². The number of nitrogens with one attached hydrogen (secondary N) is 2. The third kappa shape index (κ3) is 6.82. The minimum absolute atomic E-state index is 0.159. The van der Waals surface area contributed by atoms with Crippen molar-refractivity contribution in [2.75, 3.05) is 18.4 Å². The lowest BCUT2D eigenvalue weighted by atomic mass is 9.92. The molecule has 7 nitrogen and oxygen atoms in total. The zero-order valence-electron chi connectivity index (χ0n) is 18.0. The van der Waals surface area contributed by atoms with Crippen LogP contribution < -0.4 is 10.6 Å². The zero-order chi connectivity index (χ0) is 21.8. The molecule has 0 aromatic heterocycles. The number of carbonyl (C=O) groups excluding carboxylic acids is 2. The number of carbonyl (C=O) groups is 2. The first-order valence-electron chi connectivity index (χ1n) is 10.1. The Balaban J connectivity index is 1.96. The number of piperidine rings is 1. The van der Waals surface area contributed by atoms with E-state index in [2.05, 4.69) is 17.6 Å². The fourth-order valence-electron chi connectivity index (χ4n) is 3.17. The van der Waals surface area contributed by atoms with Gasteiger partial charge in [0.1, 0.15) is 6.04 Å². The van der Waals surface area contributed by atoms with Crippen LogP contribution in [0.2, 0.25) is 0 Å². The van der Waals surface area contributed by atoms with Gasteiger partial charge in [-0.25, -0.2) is 8.42 Å². The lowest BCUT2D eigenvalue weighted by Crippen LogP contribution is -2.42. The van der Waals surface area contributed by atoms with Crippen molar-refractivity contribution in [1.29, 1.82) is 0 Å². The third-order valence-corrected chi connectivity index (χ3v) is 6.88. The monoisotopic (exact) mass is 423 g/mol. The number of benzene rings is 1. The second kappa shape index (κ2) is 9.26. The molecular formula is C21H33N3O4S. The minimum atomic E-state index is -3.52.